The number of halogens is 1. The molecule has 2 aromatic heterocycles. The minimum absolute atomic E-state index is 0. The fraction of sp³-hybridized carbons (Fsp3) is 0.500. The number of pyridine rings is 1. The maximum absolute atomic E-state index is 4.67. The van der Waals surface area contributed by atoms with Crippen LogP contribution in [-0.2, 0) is 13.1 Å². The van der Waals surface area contributed by atoms with Crippen LogP contribution in [0.4, 0.5) is 5.82 Å². The molecule has 0 aromatic carbocycles. The minimum Gasteiger partial charge on any atom is -0.357 e. The third-order valence-electron chi connectivity index (χ3n) is 4.65. The Morgan fingerprint density at radius 3 is 2.41 bits per heavy atom. The standard InChI is InChI=1S/C20H29N5S.HI/c1-16-7-9-18(26-16)15-24-20(21-2)23-14-17-8-10-19(22-13-17)25-11-5-3-4-6-12-25;/h7-10,13H,3-6,11-12,14-15H2,1-2H3,(H2,21,23,24);1H. The van der Waals surface area contributed by atoms with Crippen LogP contribution in [0.15, 0.2) is 35.5 Å². The van der Waals surface area contributed by atoms with Gasteiger partial charge in [-0.15, -0.1) is 35.3 Å². The van der Waals surface area contributed by atoms with Gasteiger partial charge in [0, 0.05) is 42.6 Å². The van der Waals surface area contributed by atoms with Crippen LogP contribution in [0, 0.1) is 6.92 Å². The molecule has 0 bridgehead atoms. The zero-order valence-electron chi connectivity index (χ0n) is 16.2. The van der Waals surface area contributed by atoms with Crippen LogP contribution in [0.3, 0.4) is 0 Å². The second-order valence-corrected chi connectivity index (χ2v) is 8.09. The molecule has 0 saturated carbocycles. The molecule has 27 heavy (non-hydrogen) atoms. The highest BCUT2D eigenvalue weighted by Gasteiger charge is 2.10. The summed E-state index contributed by atoms with van der Waals surface area (Å²) in [6.07, 6.45) is 7.21. The van der Waals surface area contributed by atoms with Gasteiger partial charge < -0.3 is 15.5 Å². The van der Waals surface area contributed by atoms with Gasteiger partial charge >= 0.3 is 0 Å². The van der Waals surface area contributed by atoms with E-state index in [-0.39, 0.29) is 24.0 Å². The average molecular weight is 499 g/mol. The lowest BCUT2D eigenvalue weighted by molar-refractivity contribution is 0.726. The highest BCUT2D eigenvalue weighted by Crippen LogP contribution is 2.17. The Hall–Kier alpha value is -1.35. The van der Waals surface area contributed by atoms with Crippen molar-refractivity contribution in [2.24, 2.45) is 4.99 Å². The Kier molecular flexibility index (Phi) is 9.33. The molecule has 1 fully saturated rings. The van der Waals surface area contributed by atoms with Gasteiger partial charge in [0.2, 0.25) is 0 Å². The van der Waals surface area contributed by atoms with E-state index in [0.717, 1.165) is 38.0 Å². The predicted molar refractivity (Wildman–Crippen MR) is 126 cm³/mol. The number of aryl methyl sites for hydroxylation is 1. The van der Waals surface area contributed by atoms with Gasteiger partial charge in [-0.1, -0.05) is 18.9 Å². The Morgan fingerprint density at radius 2 is 1.81 bits per heavy atom. The van der Waals surface area contributed by atoms with Gasteiger partial charge in [0.05, 0.1) is 6.54 Å². The zero-order valence-corrected chi connectivity index (χ0v) is 19.3. The van der Waals surface area contributed by atoms with Crippen LogP contribution in [0.5, 0.6) is 0 Å². The van der Waals surface area contributed by atoms with E-state index < -0.39 is 0 Å². The van der Waals surface area contributed by atoms with E-state index in [0.29, 0.717) is 0 Å². The maximum atomic E-state index is 4.67. The van der Waals surface area contributed by atoms with Crippen LogP contribution in [0.25, 0.3) is 0 Å². The number of anilines is 1. The fourth-order valence-electron chi connectivity index (χ4n) is 3.17. The van der Waals surface area contributed by atoms with Gasteiger partial charge in [0.1, 0.15) is 5.82 Å². The van der Waals surface area contributed by atoms with Gasteiger partial charge in [-0.3, -0.25) is 4.99 Å². The lowest BCUT2D eigenvalue weighted by Crippen LogP contribution is -2.36. The third kappa shape index (κ3) is 6.95. The molecular weight excluding hydrogens is 469 g/mol. The van der Waals surface area contributed by atoms with Crippen molar-refractivity contribution >= 4 is 47.1 Å². The summed E-state index contributed by atoms with van der Waals surface area (Å²) in [5.74, 6) is 1.92. The van der Waals surface area contributed by atoms with Crippen LogP contribution in [-0.4, -0.2) is 31.1 Å². The Morgan fingerprint density at radius 1 is 1.07 bits per heavy atom. The molecular formula is C20H30IN5S. The molecule has 7 heteroatoms. The van der Waals surface area contributed by atoms with E-state index in [4.69, 9.17) is 0 Å². The summed E-state index contributed by atoms with van der Waals surface area (Å²) >= 11 is 1.81. The van der Waals surface area contributed by atoms with Crippen LogP contribution >= 0.6 is 35.3 Å². The van der Waals surface area contributed by atoms with Crippen molar-refractivity contribution in [2.45, 2.75) is 45.7 Å². The maximum Gasteiger partial charge on any atom is 0.191 e. The first-order valence-corrected chi connectivity index (χ1v) is 10.3. The molecule has 1 aliphatic heterocycles. The van der Waals surface area contributed by atoms with Crippen LogP contribution < -0.4 is 15.5 Å². The van der Waals surface area contributed by atoms with Crippen molar-refractivity contribution in [1.82, 2.24) is 15.6 Å². The summed E-state index contributed by atoms with van der Waals surface area (Å²) in [6.45, 7) is 5.90. The highest BCUT2D eigenvalue weighted by atomic mass is 127. The van der Waals surface area contributed by atoms with E-state index in [9.17, 15) is 0 Å². The topological polar surface area (TPSA) is 52.6 Å². The molecule has 0 amide bonds. The van der Waals surface area contributed by atoms with Gasteiger partial charge in [-0.25, -0.2) is 4.98 Å². The fourth-order valence-corrected chi connectivity index (χ4v) is 4.00. The van der Waals surface area contributed by atoms with Crippen molar-refractivity contribution < 1.29 is 0 Å². The van der Waals surface area contributed by atoms with Gasteiger partial charge in [0.15, 0.2) is 5.96 Å². The number of nitrogens with zero attached hydrogens (tertiary/aromatic N) is 3. The van der Waals surface area contributed by atoms with Crippen molar-refractivity contribution in [3.05, 3.63) is 45.8 Å². The van der Waals surface area contributed by atoms with Crippen molar-refractivity contribution in [1.29, 1.82) is 0 Å². The molecule has 1 aliphatic rings. The first kappa shape index (κ1) is 21.9. The molecule has 2 aromatic rings. The summed E-state index contributed by atoms with van der Waals surface area (Å²) in [4.78, 5) is 14.0. The predicted octanol–water partition coefficient (Wildman–Crippen LogP) is 4.32. The summed E-state index contributed by atoms with van der Waals surface area (Å²) in [6, 6.07) is 8.62. The Balaban J connectivity index is 0.00000261. The van der Waals surface area contributed by atoms with E-state index >= 15 is 0 Å². The second kappa shape index (κ2) is 11.5. The van der Waals surface area contributed by atoms with Crippen molar-refractivity contribution in [3.63, 3.8) is 0 Å². The molecule has 0 radical (unpaired) electrons. The quantitative estimate of drug-likeness (QED) is 0.366. The molecule has 2 N–H and O–H groups in total. The zero-order chi connectivity index (χ0) is 18.2. The molecule has 1 saturated heterocycles. The van der Waals surface area contributed by atoms with E-state index in [2.05, 4.69) is 56.7 Å². The van der Waals surface area contributed by atoms with Crippen LogP contribution in [0.1, 0.15) is 41.0 Å². The van der Waals surface area contributed by atoms with E-state index in [1.807, 2.05) is 17.5 Å². The largest absolute Gasteiger partial charge is 0.357 e. The highest BCUT2D eigenvalue weighted by molar-refractivity contribution is 14.0. The lowest BCUT2D eigenvalue weighted by atomic mass is 10.2. The number of hydrogen-bond acceptors (Lipinski definition) is 4. The number of aliphatic imine (C=N–C) groups is 1. The molecule has 148 valence electrons. The van der Waals surface area contributed by atoms with E-state index in [1.54, 1.807) is 7.05 Å². The molecule has 3 rings (SSSR count). The SMILES string of the molecule is CN=C(NCc1ccc(N2CCCCCC2)nc1)NCc1ccc(C)s1.I. The Labute approximate surface area is 183 Å². The summed E-state index contributed by atoms with van der Waals surface area (Å²) in [7, 11) is 1.80. The van der Waals surface area contributed by atoms with Crippen LogP contribution in [0.2, 0.25) is 0 Å². The molecule has 3 heterocycles. The number of rotatable bonds is 5. The number of thiophene rings is 1. The van der Waals surface area contributed by atoms with E-state index in [1.165, 1.54) is 41.0 Å². The summed E-state index contributed by atoms with van der Waals surface area (Å²) in [5.41, 5.74) is 1.17. The second-order valence-electron chi connectivity index (χ2n) is 6.72. The van der Waals surface area contributed by atoms with Crippen molar-refractivity contribution in [2.75, 3.05) is 25.0 Å². The summed E-state index contributed by atoms with van der Waals surface area (Å²) < 4.78 is 0. The monoisotopic (exact) mass is 499 g/mol. The molecule has 5 nitrogen and oxygen atoms in total. The molecule has 0 atom stereocenters. The normalized spacial score (nSPS) is 15.0. The number of aromatic nitrogens is 1. The number of guanidine groups is 1. The molecule has 0 spiro atoms. The first-order chi connectivity index (χ1) is 12.7. The first-order valence-electron chi connectivity index (χ1n) is 9.44. The third-order valence-corrected chi connectivity index (χ3v) is 5.65. The molecule has 0 unspecified atom stereocenters. The summed E-state index contributed by atoms with van der Waals surface area (Å²) in [5, 5.41) is 6.72. The molecule has 0 aliphatic carbocycles. The van der Waals surface area contributed by atoms with Gasteiger partial charge in [0.25, 0.3) is 0 Å². The average Bonchev–Trinajstić information content (AvgIpc) is 2.91. The smallest absolute Gasteiger partial charge is 0.191 e. The van der Waals surface area contributed by atoms with Gasteiger partial charge in [-0.05, 0) is 43.5 Å². The number of nitrogens with one attached hydrogen (secondary N) is 2. The van der Waals surface area contributed by atoms with Crippen molar-refractivity contribution in [3.8, 4) is 0 Å². The number of hydrogen-bond donors (Lipinski definition) is 2. The Bertz CT molecular complexity index is 705. The lowest BCUT2D eigenvalue weighted by Gasteiger charge is -2.21. The minimum atomic E-state index is 0. The van der Waals surface area contributed by atoms with Gasteiger partial charge in [-0.2, -0.15) is 0 Å².